The minimum absolute atomic E-state index is 0. The van der Waals surface area contributed by atoms with Crippen LogP contribution in [0.1, 0.15) is 55.4 Å². The Hall–Kier alpha value is -7.03. The topological polar surface area (TPSA) is 549 Å². The van der Waals surface area contributed by atoms with Gasteiger partial charge in [0.2, 0.25) is 23.6 Å². The molecule has 1 radical (unpaired) electrons. The summed E-state index contributed by atoms with van der Waals surface area (Å²) >= 11 is 0. The van der Waals surface area contributed by atoms with Crippen molar-refractivity contribution in [2.75, 3.05) is 112 Å². The first-order valence-electron chi connectivity index (χ1n) is 27.0. The standard InChI is InChI=1S/C50H77N9O30.Gd.H2O/c1-26(60)78-22-34-43(82-28(3)62)45(84-30(5)64)47(86-32(7)66)49(88-34)55-80-24-38(70)53-11-9-51-36(68)17-58(20-41(74)75)15-13-57(19-40(72)73)14-16-59(21-42(76)77)18-37(69)52-10-12-54-39(71)25-81-56-50-48(87-33(8)67)46(85-31(6)65)44(83-29(4)63)35(89-50)23-79-27(2)61;;/h34-35,43-50,55-56H,9-25H2,1-8H3,(H,51,68)(H,52,69)(H,53,70)(H,54,71)(H,72,73)(H,74,75)(H,76,77);;1H2/q;+3;/p-3/t34-,35-,43-,44-,45+,46+,47-,48-,49?,50?;;/m1../s1. The number of hydrogen-bond acceptors (Lipinski definition) is 35. The fourth-order valence-corrected chi connectivity index (χ4v) is 8.26. The summed E-state index contributed by atoms with van der Waals surface area (Å²) in [4.78, 5) is 195. The van der Waals surface area contributed by atoms with Crippen LogP contribution < -0.4 is 47.5 Å². The smallest absolute Gasteiger partial charge is 0.549 e. The molecule has 4 amide bonds. The van der Waals surface area contributed by atoms with Crippen LogP contribution in [0.3, 0.4) is 0 Å². The summed E-state index contributed by atoms with van der Waals surface area (Å²) in [5, 5.41) is 44.7. The van der Waals surface area contributed by atoms with Crippen LogP contribution >= 0.6 is 0 Å². The van der Waals surface area contributed by atoms with E-state index in [9.17, 15) is 87.2 Å². The van der Waals surface area contributed by atoms with Crippen molar-refractivity contribution in [3.8, 4) is 0 Å². The van der Waals surface area contributed by atoms with Gasteiger partial charge in [-0.25, -0.2) is 0 Å². The molecule has 2 aliphatic heterocycles. The number of carboxylic acid groups (broad SMARTS) is 3. The maximum absolute atomic E-state index is 12.9. The Morgan fingerprint density at radius 2 is 0.626 bits per heavy atom. The van der Waals surface area contributed by atoms with Gasteiger partial charge in [0.1, 0.15) is 38.6 Å². The Balaban J connectivity index is 0.0000405. The number of carboxylic acids is 3. The molecular formula is C50H76GdN9O31. The molecular weight excluding hydrogens is 1380 g/mol. The summed E-state index contributed by atoms with van der Waals surface area (Å²) in [5.41, 5.74) is 4.71. The molecule has 8 N–H and O–H groups in total. The molecule has 0 aromatic carbocycles. The average Bonchev–Trinajstić information content (AvgIpc) is 0.813. The van der Waals surface area contributed by atoms with Crippen LogP contribution in [0.25, 0.3) is 0 Å². The second kappa shape index (κ2) is 44.5. The van der Waals surface area contributed by atoms with E-state index in [4.69, 9.17) is 57.0 Å². The number of ether oxygens (including phenoxy) is 10. The van der Waals surface area contributed by atoms with E-state index in [1.807, 2.05) is 0 Å². The molecule has 2 saturated heterocycles. The molecule has 0 spiro atoms. The molecule has 0 aliphatic carbocycles. The normalized spacial score (nSPS) is 20.7. The van der Waals surface area contributed by atoms with Crippen LogP contribution in [0.2, 0.25) is 0 Å². The summed E-state index contributed by atoms with van der Waals surface area (Å²) in [6, 6.07) is 0. The second-order valence-electron chi connectivity index (χ2n) is 19.3. The van der Waals surface area contributed by atoms with Gasteiger partial charge in [0.25, 0.3) is 0 Å². The van der Waals surface area contributed by atoms with Gasteiger partial charge in [0.05, 0.1) is 31.0 Å². The molecule has 0 aromatic heterocycles. The van der Waals surface area contributed by atoms with Crippen LogP contribution in [0.15, 0.2) is 0 Å². The monoisotopic (exact) mass is 1460 g/mol. The average molecular weight is 1460 g/mol. The Kier molecular flexibility index (Phi) is 41.0. The number of aliphatic carboxylic acids is 3. The fourth-order valence-electron chi connectivity index (χ4n) is 8.26. The van der Waals surface area contributed by atoms with Gasteiger partial charge in [-0.3, -0.25) is 81.9 Å². The Morgan fingerprint density at radius 3 is 0.912 bits per heavy atom. The van der Waals surface area contributed by atoms with Crippen molar-refractivity contribution in [2.24, 2.45) is 0 Å². The van der Waals surface area contributed by atoms with Gasteiger partial charge >= 0.3 is 87.7 Å². The van der Waals surface area contributed by atoms with Crippen LogP contribution in [0.5, 0.6) is 0 Å². The molecule has 40 nitrogen and oxygen atoms in total. The quantitative estimate of drug-likeness (QED) is 0.0144. The van der Waals surface area contributed by atoms with Gasteiger partial charge in [0, 0.05) is 127 Å². The third-order valence-corrected chi connectivity index (χ3v) is 11.6. The SMILES string of the molecule is CC(=O)OC[C@H]1OC(NOCC(=O)NCCNC(=O)CN(CCN(CCN(CC(=O)[O-])CC(=O)NCCNC(=O)CONC2O[C@H](COC(C)=O)[C@@H](OC(C)=O)[C@H](OC(C)=O)[C@H]2OC(C)=O)CC(=O)[O-])CC(=O)[O-])[C@H](OC(C)=O)[C@@H](OC(C)=O)[C@@H]1OC(C)=O.O.[Gd+3]. The molecule has 515 valence electrons. The number of nitrogens with one attached hydrogen (secondary N) is 6. The number of nitrogens with zero attached hydrogens (tertiary/aromatic N) is 3. The van der Waals surface area contributed by atoms with Crippen molar-refractivity contribution in [1.29, 1.82) is 0 Å². The van der Waals surface area contributed by atoms with E-state index in [1.165, 1.54) is 4.90 Å². The number of amides is 4. The second-order valence-corrected chi connectivity index (χ2v) is 19.3. The predicted octanol–water partition coefficient (Wildman–Crippen LogP) is -12.0. The van der Waals surface area contributed by atoms with Crippen LogP contribution in [0, 0.1) is 39.9 Å². The zero-order chi connectivity index (χ0) is 66.9. The van der Waals surface area contributed by atoms with E-state index in [1.54, 1.807) is 0 Å². The molecule has 91 heavy (non-hydrogen) atoms. The van der Waals surface area contributed by atoms with Gasteiger partial charge in [-0.15, -0.1) is 0 Å². The zero-order valence-corrected chi connectivity index (χ0v) is 53.0. The van der Waals surface area contributed by atoms with Crippen LogP contribution in [0.4, 0.5) is 0 Å². The maximum atomic E-state index is 12.9. The minimum atomic E-state index is -1.62. The molecule has 2 unspecified atom stereocenters. The van der Waals surface area contributed by atoms with Gasteiger partial charge < -0.3 is 104 Å². The van der Waals surface area contributed by atoms with Crippen LogP contribution in [-0.2, 0) is 129 Å². The molecule has 2 heterocycles. The number of hydrogen-bond donors (Lipinski definition) is 6. The first-order valence-corrected chi connectivity index (χ1v) is 27.0. The van der Waals surface area contributed by atoms with Crippen LogP contribution in [-0.4, -0.2) is 282 Å². The summed E-state index contributed by atoms with van der Waals surface area (Å²) in [6.45, 7) is 0.267. The summed E-state index contributed by atoms with van der Waals surface area (Å²) in [7, 11) is 0. The fraction of sp³-hybridized carbons (Fsp3) is 0.700. The third kappa shape index (κ3) is 36.0. The van der Waals surface area contributed by atoms with Crippen molar-refractivity contribution in [3.63, 3.8) is 0 Å². The molecule has 10 atom stereocenters. The predicted molar refractivity (Wildman–Crippen MR) is 282 cm³/mol. The first kappa shape index (κ1) is 84.0. The first-order chi connectivity index (χ1) is 41.8. The van der Waals surface area contributed by atoms with E-state index in [-0.39, 0.29) is 97.8 Å². The van der Waals surface area contributed by atoms with Crippen molar-refractivity contribution < 1.29 is 190 Å². The summed E-state index contributed by atoms with van der Waals surface area (Å²) < 4.78 is 53.4. The maximum Gasteiger partial charge on any atom is 3.00 e. The number of hydroxylamine groups is 2. The van der Waals surface area contributed by atoms with Gasteiger partial charge in [0.15, 0.2) is 49.1 Å². The van der Waals surface area contributed by atoms with Crippen molar-refractivity contribution >= 4 is 89.3 Å². The van der Waals surface area contributed by atoms with E-state index >= 15 is 0 Å². The molecule has 2 aliphatic rings. The van der Waals surface area contributed by atoms with Gasteiger partial charge in [-0.1, -0.05) is 0 Å². The van der Waals surface area contributed by atoms with E-state index in [0.717, 1.165) is 65.2 Å². The van der Waals surface area contributed by atoms with Crippen molar-refractivity contribution in [1.82, 2.24) is 46.9 Å². The Bertz CT molecular complexity index is 2330. The van der Waals surface area contributed by atoms with E-state index in [0.29, 0.717) is 0 Å². The van der Waals surface area contributed by atoms with E-state index in [2.05, 4.69) is 32.2 Å². The molecule has 2 fully saturated rings. The molecule has 41 heteroatoms. The number of rotatable bonds is 40. The molecule has 0 bridgehead atoms. The number of carbonyl (C=O) groups excluding carboxylic acids is 15. The number of esters is 8. The molecule has 0 aromatic rings. The van der Waals surface area contributed by atoms with Crippen molar-refractivity contribution in [3.05, 3.63) is 0 Å². The summed E-state index contributed by atoms with van der Waals surface area (Å²) in [5.74, 6) is -14.7. The third-order valence-electron chi connectivity index (χ3n) is 11.6. The van der Waals surface area contributed by atoms with Gasteiger partial charge in [-0.2, -0.15) is 11.0 Å². The largest absolute Gasteiger partial charge is 3.00 e. The summed E-state index contributed by atoms with van der Waals surface area (Å²) in [6.07, 6.45) is -14.8. The van der Waals surface area contributed by atoms with Gasteiger partial charge in [-0.05, 0) is 0 Å². The number of carbonyl (C=O) groups is 15. The minimum Gasteiger partial charge on any atom is -0.549 e. The van der Waals surface area contributed by atoms with E-state index < -0.39 is 210 Å². The Labute approximate surface area is 551 Å². The zero-order valence-electron chi connectivity index (χ0n) is 50.7. The Morgan fingerprint density at radius 1 is 0.363 bits per heavy atom. The molecule has 0 saturated carbocycles. The molecule has 2 rings (SSSR count). The van der Waals surface area contributed by atoms with Crippen molar-refractivity contribution in [2.45, 2.75) is 117 Å².